The van der Waals surface area contributed by atoms with Gasteiger partial charge in [-0.2, -0.15) is 0 Å². The maximum atomic E-state index is 13.4. The van der Waals surface area contributed by atoms with Crippen LogP contribution in [0.15, 0.2) is 48.5 Å². The molecule has 1 amide bonds. The molecule has 0 bridgehead atoms. The molecule has 0 aliphatic carbocycles. The molecule has 3 heteroatoms. The van der Waals surface area contributed by atoms with Crippen LogP contribution in [0.4, 0.5) is 0 Å². The van der Waals surface area contributed by atoms with Crippen molar-refractivity contribution in [3.05, 3.63) is 70.2 Å². The molecule has 1 heterocycles. The molecule has 0 aromatic heterocycles. The molecule has 1 aliphatic rings. The highest BCUT2D eigenvalue weighted by Crippen LogP contribution is 2.37. The van der Waals surface area contributed by atoms with E-state index in [0.717, 1.165) is 49.2 Å². The zero-order valence-electron chi connectivity index (χ0n) is 15.7. The fourth-order valence-corrected chi connectivity index (χ4v) is 4.12. The number of halogens is 1. The molecule has 2 aromatic carbocycles. The Morgan fingerprint density at radius 3 is 2.58 bits per heavy atom. The monoisotopic (exact) mass is 369 g/mol. The van der Waals surface area contributed by atoms with Crippen LogP contribution in [0, 0.1) is 5.92 Å². The summed E-state index contributed by atoms with van der Waals surface area (Å²) in [6.45, 7) is 5.10. The fourth-order valence-electron chi connectivity index (χ4n) is 4.00. The second-order valence-electron chi connectivity index (χ2n) is 7.18. The SMILES string of the molecule is CCCCC(CC)C(=O)N1CCc2ccccc2C1c1ccc(Cl)cc1. The molecule has 2 nitrogen and oxygen atoms in total. The van der Waals surface area contributed by atoms with Gasteiger partial charge in [0.2, 0.25) is 5.91 Å². The van der Waals surface area contributed by atoms with Crippen molar-refractivity contribution < 1.29 is 4.79 Å². The van der Waals surface area contributed by atoms with Crippen LogP contribution in [-0.4, -0.2) is 17.4 Å². The third-order valence-corrected chi connectivity index (χ3v) is 5.75. The minimum absolute atomic E-state index is 0.0135. The van der Waals surface area contributed by atoms with E-state index in [-0.39, 0.29) is 12.0 Å². The maximum absolute atomic E-state index is 13.4. The Morgan fingerprint density at radius 2 is 1.88 bits per heavy atom. The van der Waals surface area contributed by atoms with Gasteiger partial charge in [0.15, 0.2) is 0 Å². The minimum Gasteiger partial charge on any atom is -0.331 e. The Kier molecular flexibility index (Phi) is 6.37. The molecule has 0 saturated heterocycles. The zero-order chi connectivity index (χ0) is 18.5. The Labute approximate surface area is 162 Å². The van der Waals surface area contributed by atoms with Gasteiger partial charge in [0.1, 0.15) is 0 Å². The quantitative estimate of drug-likeness (QED) is 0.608. The van der Waals surface area contributed by atoms with Crippen molar-refractivity contribution in [2.45, 2.75) is 52.0 Å². The lowest BCUT2D eigenvalue weighted by Crippen LogP contribution is -2.43. The maximum Gasteiger partial charge on any atom is 0.226 e. The summed E-state index contributed by atoms with van der Waals surface area (Å²) in [6.07, 6.45) is 5.06. The highest BCUT2D eigenvalue weighted by molar-refractivity contribution is 6.30. The lowest BCUT2D eigenvalue weighted by atomic mass is 9.86. The summed E-state index contributed by atoms with van der Waals surface area (Å²) in [7, 11) is 0. The molecule has 0 radical (unpaired) electrons. The highest BCUT2D eigenvalue weighted by atomic mass is 35.5. The molecule has 26 heavy (non-hydrogen) atoms. The van der Waals surface area contributed by atoms with Crippen molar-refractivity contribution in [1.82, 2.24) is 4.90 Å². The topological polar surface area (TPSA) is 20.3 Å². The Morgan fingerprint density at radius 1 is 1.15 bits per heavy atom. The largest absolute Gasteiger partial charge is 0.331 e. The number of carbonyl (C=O) groups excluding carboxylic acids is 1. The summed E-state index contributed by atoms with van der Waals surface area (Å²) in [4.78, 5) is 15.5. The number of fused-ring (bicyclic) bond motifs is 1. The average molecular weight is 370 g/mol. The van der Waals surface area contributed by atoms with E-state index in [4.69, 9.17) is 11.6 Å². The normalized spacial score (nSPS) is 17.7. The summed E-state index contributed by atoms with van der Waals surface area (Å²) in [5, 5.41) is 0.727. The number of carbonyl (C=O) groups is 1. The van der Waals surface area contributed by atoms with Gasteiger partial charge >= 0.3 is 0 Å². The standard InChI is InChI=1S/C23H28ClNO/c1-3-5-8-17(4-2)23(26)25-16-15-18-9-6-7-10-21(18)22(25)19-11-13-20(24)14-12-19/h6-7,9-14,17,22H,3-5,8,15-16H2,1-2H3. The van der Waals surface area contributed by atoms with Crippen molar-refractivity contribution >= 4 is 17.5 Å². The first-order valence-electron chi connectivity index (χ1n) is 9.79. The second kappa shape index (κ2) is 8.73. The summed E-state index contributed by atoms with van der Waals surface area (Å²) in [5.41, 5.74) is 3.73. The summed E-state index contributed by atoms with van der Waals surface area (Å²) >= 11 is 6.10. The zero-order valence-corrected chi connectivity index (χ0v) is 16.5. The molecule has 138 valence electrons. The van der Waals surface area contributed by atoms with Crippen molar-refractivity contribution in [3.63, 3.8) is 0 Å². The molecule has 3 rings (SSSR count). The first kappa shape index (κ1) is 19.0. The molecule has 2 atom stereocenters. The first-order valence-corrected chi connectivity index (χ1v) is 10.2. The van der Waals surface area contributed by atoms with Crippen LogP contribution in [0.3, 0.4) is 0 Å². The smallest absolute Gasteiger partial charge is 0.226 e. The van der Waals surface area contributed by atoms with E-state index in [1.54, 1.807) is 0 Å². The van der Waals surface area contributed by atoms with E-state index in [9.17, 15) is 4.79 Å². The van der Waals surface area contributed by atoms with Crippen LogP contribution < -0.4 is 0 Å². The van der Waals surface area contributed by atoms with Gasteiger partial charge < -0.3 is 4.90 Å². The van der Waals surface area contributed by atoms with Gasteiger partial charge in [-0.1, -0.05) is 74.7 Å². The number of nitrogens with zero attached hydrogens (tertiary/aromatic N) is 1. The molecule has 2 unspecified atom stereocenters. The third kappa shape index (κ3) is 3.96. The summed E-state index contributed by atoms with van der Waals surface area (Å²) < 4.78 is 0. The molecule has 0 spiro atoms. The number of benzene rings is 2. The lowest BCUT2D eigenvalue weighted by Gasteiger charge is -2.39. The molecule has 1 aliphatic heterocycles. The summed E-state index contributed by atoms with van der Waals surface area (Å²) in [6, 6.07) is 16.5. The van der Waals surface area contributed by atoms with Gasteiger partial charge in [-0.05, 0) is 48.1 Å². The van der Waals surface area contributed by atoms with Crippen LogP contribution >= 0.6 is 11.6 Å². The van der Waals surface area contributed by atoms with E-state index in [1.165, 1.54) is 11.1 Å². The van der Waals surface area contributed by atoms with Crippen LogP contribution in [0.1, 0.15) is 62.3 Å². The van der Waals surface area contributed by atoms with E-state index in [2.05, 4.69) is 55.1 Å². The number of unbranched alkanes of at least 4 members (excludes halogenated alkanes) is 1. The molecule has 0 N–H and O–H groups in total. The summed E-state index contributed by atoms with van der Waals surface area (Å²) in [5.74, 6) is 0.422. The van der Waals surface area contributed by atoms with Crippen molar-refractivity contribution in [2.24, 2.45) is 5.92 Å². The Hall–Kier alpha value is -1.80. The molecular weight excluding hydrogens is 342 g/mol. The van der Waals surface area contributed by atoms with Crippen molar-refractivity contribution in [2.75, 3.05) is 6.54 Å². The Bertz CT molecular complexity index is 740. The van der Waals surface area contributed by atoms with Crippen LogP contribution in [0.5, 0.6) is 0 Å². The number of hydrogen-bond acceptors (Lipinski definition) is 1. The number of hydrogen-bond donors (Lipinski definition) is 0. The molecule has 0 fully saturated rings. The predicted molar refractivity (Wildman–Crippen MR) is 108 cm³/mol. The molecule has 0 saturated carbocycles. The van der Waals surface area contributed by atoms with E-state index >= 15 is 0 Å². The number of rotatable bonds is 6. The van der Waals surface area contributed by atoms with E-state index in [0.29, 0.717) is 5.91 Å². The minimum atomic E-state index is -0.0135. The van der Waals surface area contributed by atoms with E-state index < -0.39 is 0 Å². The van der Waals surface area contributed by atoms with Gasteiger partial charge in [0, 0.05) is 17.5 Å². The van der Waals surface area contributed by atoms with Crippen LogP contribution in [0.25, 0.3) is 0 Å². The van der Waals surface area contributed by atoms with Gasteiger partial charge in [-0.25, -0.2) is 0 Å². The van der Waals surface area contributed by atoms with Gasteiger partial charge in [-0.3, -0.25) is 4.79 Å². The number of amides is 1. The second-order valence-corrected chi connectivity index (χ2v) is 7.62. The highest BCUT2D eigenvalue weighted by Gasteiger charge is 2.34. The Balaban J connectivity index is 1.98. The predicted octanol–water partition coefficient (Wildman–Crippen LogP) is 6.03. The third-order valence-electron chi connectivity index (χ3n) is 5.50. The molecular formula is C23H28ClNO. The van der Waals surface area contributed by atoms with Gasteiger partial charge in [0.05, 0.1) is 6.04 Å². The van der Waals surface area contributed by atoms with Crippen LogP contribution in [-0.2, 0) is 11.2 Å². The fraction of sp³-hybridized carbons (Fsp3) is 0.435. The van der Waals surface area contributed by atoms with Gasteiger partial charge in [-0.15, -0.1) is 0 Å². The van der Waals surface area contributed by atoms with E-state index in [1.807, 2.05) is 12.1 Å². The first-order chi connectivity index (χ1) is 12.7. The molecule has 2 aromatic rings. The van der Waals surface area contributed by atoms with Crippen molar-refractivity contribution in [3.8, 4) is 0 Å². The van der Waals surface area contributed by atoms with Crippen molar-refractivity contribution in [1.29, 1.82) is 0 Å². The lowest BCUT2D eigenvalue weighted by molar-refractivity contribution is -0.138. The average Bonchev–Trinajstić information content (AvgIpc) is 2.68. The van der Waals surface area contributed by atoms with Crippen LogP contribution in [0.2, 0.25) is 5.02 Å². The van der Waals surface area contributed by atoms with Gasteiger partial charge in [0.25, 0.3) is 0 Å².